The van der Waals surface area contributed by atoms with E-state index in [9.17, 15) is 13.6 Å². The molecule has 0 unspecified atom stereocenters. The van der Waals surface area contributed by atoms with Gasteiger partial charge < -0.3 is 0 Å². The van der Waals surface area contributed by atoms with Crippen molar-refractivity contribution in [3.63, 3.8) is 0 Å². The van der Waals surface area contributed by atoms with Crippen LogP contribution in [0.3, 0.4) is 0 Å². The van der Waals surface area contributed by atoms with Gasteiger partial charge in [0.25, 0.3) is 0 Å². The standard InChI is InChI=1S/C10H8F2O/c1-7-4-5-9(11)8(10(7)12)3-2-6-13/h2-6H,1H3/b3-2+. The number of benzene rings is 1. The number of allylic oxidation sites excluding steroid dienone is 1. The molecule has 13 heavy (non-hydrogen) atoms. The summed E-state index contributed by atoms with van der Waals surface area (Å²) in [5.74, 6) is -1.29. The van der Waals surface area contributed by atoms with E-state index in [4.69, 9.17) is 0 Å². The highest BCUT2D eigenvalue weighted by Crippen LogP contribution is 2.17. The van der Waals surface area contributed by atoms with E-state index in [0.29, 0.717) is 11.8 Å². The van der Waals surface area contributed by atoms with E-state index in [1.54, 1.807) is 0 Å². The summed E-state index contributed by atoms with van der Waals surface area (Å²) in [6.07, 6.45) is 2.65. The smallest absolute Gasteiger partial charge is 0.142 e. The summed E-state index contributed by atoms with van der Waals surface area (Å²) >= 11 is 0. The molecule has 0 atom stereocenters. The van der Waals surface area contributed by atoms with Gasteiger partial charge >= 0.3 is 0 Å². The molecule has 1 aromatic rings. The Bertz CT molecular complexity index is 356. The molecule has 0 fully saturated rings. The SMILES string of the molecule is Cc1ccc(F)c(/C=C/C=O)c1F. The van der Waals surface area contributed by atoms with E-state index in [1.807, 2.05) is 0 Å². The van der Waals surface area contributed by atoms with Gasteiger partial charge in [0.2, 0.25) is 0 Å². The molecule has 1 rings (SSSR count). The number of carbonyl (C=O) groups excluding carboxylic acids is 1. The molecule has 0 aliphatic carbocycles. The van der Waals surface area contributed by atoms with Crippen molar-refractivity contribution in [2.45, 2.75) is 6.92 Å². The monoisotopic (exact) mass is 182 g/mol. The maximum Gasteiger partial charge on any atom is 0.142 e. The molecule has 0 bridgehead atoms. The topological polar surface area (TPSA) is 17.1 Å². The lowest BCUT2D eigenvalue weighted by molar-refractivity contribution is -0.104. The van der Waals surface area contributed by atoms with E-state index in [0.717, 1.165) is 12.2 Å². The van der Waals surface area contributed by atoms with Gasteiger partial charge in [-0.05, 0) is 30.7 Å². The highest BCUT2D eigenvalue weighted by atomic mass is 19.1. The van der Waals surface area contributed by atoms with Crippen molar-refractivity contribution >= 4 is 12.4 Å². The first-order valence-electron chi connectivity index (χ1n) is 3.73. The Labute approximate surface area is 74.7 Å². The third-order valence-electron chi connectivity index (χ3n) is 1.66. The molecule has 0 N–H and O–H groups in total. The summed E-state index contributed by atoms with van der Waals surface area (Å²) in [6.45, 7) is 1.53. The van der Waals surface area contributed by atoms with Crippen molar-refractivity contribution in [2.75, 3.05) is 0 Å². The van der Waals surface area contributed by atoms with E-state index in [1.165, 1.54) is 19.1 Å². The minimum absolute atomic E-state index is 0.174. The number of rotatable bonds is 2. The van der Waals surface area contributed by atoms with Gasteiger partial charge in [-0.2, -0.15) is 0 Å². The number of carbonyl (C=O) groups is 1. The molecule has 0 aliphatic rings. The van der Waals surface area contributed by atoms with Gasteiger partial charge in [0.15, 0.2) is 0 Å². The van der Waals surface area contributed by atoms with Gasteiger partial charge in [-0.3, -0.25) is 4.79 Å². The van der Waals surface area contributed by atoms with Gasteiger partial charge in [-0.1, -0.05) is 6.07 Å². The molecular weight excluding hydrogens is 174 g/mol. The molecule has 0 radical (unpaired) electrons. The van der Waals surface area contributed by atoms with E-state index >= 15 is 0 Å². The molecule has 1 nitrogen and oxygen atoms in total. The average molecular weight is 182 g/mol. The molecule has 0 aliphatic heterocycles. The number of aldehydes is 1. The zero-order chi connectivity index (χ0) is 9.84. The second kappa shape index (κ2) is 3.94. The summed E-state index contributed by atoms with van der Waals surface area (Å²) in [5.41, 5.74) is 0.180. The van der Waals surface area contributed by atoms with Crippen molar-refractivity contribution < 1.29 is 13.6 Å². The van der Waals surface area contributed by atoms with Crippen LogP contribution in [0.2, 0.25) is 0 Å². The lowest BCUT2D eigenvalue weighted by atomic mass is 10.1. The zero-order valence-corrected chi connectivity index (χ0v) is 7.05. The normalized spacial score (nSPS) is 10.7. The Balaban J connectivity index is 3.25. The minimum atomic E-state index is -0.666. The van der Waals surface area contributed by atoms with Crippen molar-refractivity contribution in [3.8, 4) is 0 Å². The predicted molar refractivity (Wildman–Crippen MR) is 46.2 cm³/mol. The quantitative estimate of drug-likeness (QED) is 0.507. The molecule has 0 amide bonds. The van der Waals surface area contributed by atoms with E-state index in [2.05, 4.69) is 0 Å². The summed E-state index contributed by atoms with van der Waals surface area (Å²) in [5, 5.41) is 0. The van der Waals surface area contributed by atoms with Crippen LogP contribution in [0.4, 0.5) is 8.78 Å². The first kappa shape index (κ1) is 9.58. The van der Waals surface area contributed by atoms with Gasteiger partial charge in [-0.25, -0.2) is 8.78 Å². The van der Waals surface area contributed by atoms with Crippen LogP contribution in [-0.4, -0.2) is 6.29 Å². The number of hydrogen-bond donors (Lipinski definition) is 0. The molecule has 3 heteroatoms. The summed E-state index contributed by atoms with van der Waals surface area (Å²) in [7, 11) is 0. The van der Waals surface area contributed by atoms with Gasteiger partial charge in [-0.15, -0.1) is 0 Å². The van der Waals surface area contributed by atoms with E-state index in [-0.39, 0.29) is 5.56 Å². The Morgan fingerprint density at radius 1 is 1.31 bits per heavy atom. The minimum Gasteiger partial charge on any atom is -0.299 e. The molecule has 0 saturated carbocycles. The first-order valence-corrected chi connectivity index (χ1v) is 3.73. The summed E-state index contributed by atoms with van der Waals surface area (Å²) in [4.78, 5) is 9.95. The maximum atomic E-state index is 13.2. The number of hydrogen-bond acceptors (Lipinski definition) is 1. The number of halogens is 2. The fourth-order valence-corrected chi connectivity index (χ4v) is 0.967. The molecule has 68 valence electrons. The zero-order valence-electron chi connectivity index (χ0n) is 7.05. The van der Waals surface area contributed by atoms with Crippen LogP contribution in [0.1, 0.15) is 11.1 Å². The second-order valence-corrected chi connectivity index (χ2v) is 2.59. The summed E-state index contributed by atoms with van der Waals surface area (Å²) < 4.78 is 26.1. The lowest BCUT2D eigenvalue weighted by Gasteiger charge is -2.01. The molecule has 0 spiro atoms. The van der Waals surface area contributed by atoms with Crippen LogP contribution in [0, 0.1) is 18.6 Å². The Morgan fingerprint density at radius 2 is 2.00 bits per heavy atom. The molecule has 0 saturated heterocycles. The largest absolute Gasteiger partial charge is 0.299 e. The van der Waals surface area contributed by atoms with Crippen molar-refractivity contribution in [3.05, 3.63) is 41.0 Å². The van der Waals surface area contributed by atoms with Crippen molar-refractivity contribution in [1.82, 2.24) is 0 Å². The second-order valence-electron chi connectivity index (χ2n) is 2.59. The van der Waals surface area contributed by atoms with Crippen molar-refractivity contribution in [1.29, 1.82) is 0 Å². The summed E-state index contributed by atoms with van der Waals surface area (Å²) in [6, 6.07) is 2.52. The first-order chi connectivity index (χ1) is 6.16. The third kappa shape index (κ3) is 1.99. The van der Waals surface area contributed by atoms with Crippen LogP contribution >= 0.6 is 0 Å². The molecule has 0 aromatic heterocycles. The average Bonchev–Trinajstić information content (AvgIpc) is 2.12. The Hall–Kier alpha value is -1.51. The van der Waals surface area contributed by atoms with Crippen LogP contribution in [0.5, 0.6) is 0 Å². The van der Waals surface area contributed by atoms with Gasteiger partial charge in [0, 0.05) is 5.56 Å². The van der Waals surface area contributed by atoms with Crippen LogP contribution in [0.25, 0.3) is 6.08 Å². The van der Waals surface area contributed by atoms with Crippen molar-refractivity contribution in [2.24, 2.45) is 0 Å². The van der Waals surface area contributed by atoms with Crippen LogP contribution in [0.15, 0.2) is 18.2 Å². The third-order valence-corrected chi connectivity index (χ3v) is 1.66. The molecule has 1 aromatic carbocycles. The fraction of sp³-hybridized carbons (Fsp3) is 0.100. The van der Waals surface area contributed by atoms with Gasteiger partial charge in [0.05, 0.1) is 0 Å². The van der Waals surface area contributed by atoms with Crippen LogP contribution < -0.4 is 0 Å². The fourth-order valence-electron chi connectivity index (χ4n) is 0.967. The molecule has 0 heterocycles. The number of aryl methyl sites for hydroxylation is 1. The Morgan fingerprint density at radius 3 is 2.62 bits per heavy atom. The molecular formula is C10H8F2O. The van der Waals surface area contributed by atoms with E-state index < -0.39 is 11.6 Å². The Kier molecular flexibility index (Phi) is 2.90. The van der Waals surface area contributed by atoms with Gasteiger partial charge in [0.1, 0.15) is 17.9 Å². The predicted octanol–water partition coefficient (Wildman–Crippen LogP) is 2.49. The maximum absolute atomic E-state index is 13.2. The van der Waals surface area contributed by atoms with Crippen LogP contribution in [-0.2, 0) is 4.79 Å². The highest BCUT2D eigenvalue weighted by Gasteiger charge is 2.07. The highest BCUT2D eigenvalue weighted by molar-refractivity contribution is 5.74. The lowest BCUT2D eigenvalue weighted by Crippen LogP contribution is -1.91.